The zero-order valence-corrected chi connectivity index (χ0v) is 6.71. The highest BCUT2D eigenvalue weighted by atomic mass is 31.2. The summed E-state index contributed by atoms with van der Waals surface area (Å²) in [6.45, 7) is 1.60. The molecule has 66 valence electrons. The molecule has 0 aromatic rings. The number of carbonyl (C=O) groups excluding carboxylic acids is 1. The summed E-state index contributed by atoms with van der Waals surface area (Å²) in [6, 6.07) is 0. The van der Waals surface area contributed by atoms with Gasteiger partial charge in [0, 0.05) is 0 Å². The molecule has 1 atom stereocenters. The van der Waals surface area contributed by atoms with E-state index in [9.17, 15) is 13.9 Å². The number of carbonyl (C=O) groups is 1. The Kier molecular flexibility index (Phi) is 4.25. The van der Waals surface area contributed by atoms with Crippen molar-refractivity contribution >= 4 is 13.6 Å². The maximum atomic E-state index is 11.2. The predicted molar refractivity (Wildman–Crippen MR) is 33.5 cm³/mol. The van der Waals surface area contributed by atoms with Crippen molar-refractivity contribution in [3.05, 3.63) is 0 Å². The molecule has 7 heteroatoms. The molecule has 11 heavy (non-hydrogen) atoms. The van der Waals surface area contributed by atoms with Crippen LogP contribution < -0.4 is 0 Å². The summed E-state index contributed by atoms with van der Waals surface area (Å²) in [4.78, 5) is 18.8. The number of hydrogen-bond donors (Lipinski definition) is 1. The topological polar surface area (TPSA) is 72.8 Å². The van der Waals surface area contributed by atoms with Gasteiger partial charge in [0.15, 0.2) is 0 Å². The van der Waals surface area contributed by atoms with Crippen LogP contribution in [0.25, 0.3) is 0 Å². The van der Waals surface area contributed by atoms with Gasteiger partial charge in [0.25, 0.3) is 0 Å². The third-order valence-electron chi connectivity index (χ3n) is 0.742. The first-order chi connectivity index (χ1) is 5.02. The summed E-state index contributed by atoms with van der Waals surface area (Å²) in [5.41, 5.74) is 0. The zero-order valence-electron chi connectivity index (χ0n) is 5.82. The van der Waals surface area contributed by atoms with Gasteiger partial charge in [0.2, 0.25) is 0 Å². The quantitative estimate of drug-likeness (QED) is 0.515. The molecular formula is C4H8FO5P. The molecule has 5 nitrogen and oxygen atoms in total. The van der Waals surface area contributed by atoms with Crippen LogP contribution in [0.4, 0.5) is 4.53 Å². The lowest BCUT2D eigenvalue weighted by molar-refractivity contribution is -0.140. The van der Waals surface area contributed by atoms with Crippen LogP contribution in [0.5, 0.6) is 0 Å². The normalized spacial score (nSPS) is 15.5. The fourth-order valence-electron chi connectivity index (χ4n) is 0.394. The van der Waals surface area contributed by atoms with E-state index >= 15 is 0 Å². The summed E-state index contributed by atoms with van der Waals surface area (Å²) in [6.07, 6.45) is -0.961. The Bertz CT molecular complexity index is 181. The second kappa shape index (κ2) is 4.43. The van der Waals surface area contributed by atoms with Gasteiger partial charge in [-0.3, -0.25) is 9.36 Å². The van der Waals surface area contributed by atoms with Gasteiger partial charge in [-0.25, -0.2) is 0 Å². The summed E-state index contributed by atoms with van der Waals surface area (Å²) in [5, 5.41) is 0. The van der Waals surface area contributed by atoms with Gasteiger partial charge < -0.3 is 9.63 Å². The number of hydrogen-bond acceptors (Lipinski definition) is 4. The van der Waals surface area contributed by atoms with Crippen LogP contribution in [0, 0.1) is 0 Å². The summed E-state index contributed by atoms with van der Waals surface area (Å²) in [7, 11) is -4.40. The van der Waals surface area contributed by atoms with E-state index in [0.717, 1.165) is 0 Å². The first-order valence-corrected chi connectivity index (χ1v) is 4.56. The highest BCUT2D eigenvalue weighted by Gasteiger charge is 2.25. The summed E-state index contributed by atoms with van der Waals surface area (Å²) >= 11 is 0. The third kappa shape index (κ3) is 4.89. The molecule has 0 spiro atoms. The Morgan fingerprint density at radius 3 is 2.64 bits per heavy atom. The van der Waals surface area contributed by atoms with Gasteiger partial charge >= 0.3 is 13.6 Å². The van der Waals surface area contributed by atoms with Crippen LogP contribution >= 0.6 is 7.60 Å². The van der Waals surface area contributed by atoms with Gasteiger partial charge in [-0.05, 0) is 11.4 Å². The molecule has 0 aromatic heterocycles. The smallest absolute Gasteiger partial charge is 0.372 e. The molecule has 0 fully saturated rings. The monoisotopic (exact) mass is 186 g/mol. The Morgan fingerprint density at radius 1 is 1.73 bits per heavy atom. The summed E-state index contributed by atoms with van der Waals surface area (Å²) in [5.74, 6) is -0.962. The first kappa shape index (κ1) is 10.6. The fourth-order valence-corrected chi connectivity index (χ4v) is 0.861. The van der Waals surface area contributed by atoms with Crippen molar-refractivity contribution in [1.29, 1.82) is 0 Å². The van der Waals surface area contributed by atoms with E-state index in [1.165, 1.54) is 6.92 Å². The van der Waals surface area contributed by atoms with Crippen molar-refractivity contribution in [3.8, 4) is 0 Å². The maximum Gasteiger partial charge on any atom is 0.372 e. The minimum absolute atomic E-state index is 0.0745. The Morgan fingerprint density at radius 2 is 2.27 bits per heavy atom. The second-order valence-electron chi connectivity index (χ2n) is 1.67. The van der Waals surface area contributed by atoms with Crippen LogP contribution in [0.1, 0.15) is 6.92 Å². The molecule has 1 N–H and O–H groups in total. The predicted octanol–water partition coefficient (Wildman–Crippen LogP) is 0.636. The molecule has 0 heterocycles. The van der Waals surface area contributed by atoms with Crippen molar-refractivity contribution in [1.82, 2.24) is 0 Å². The SMILES string of the molecule is CCOC(=O)CP(=O)(O)OF. The first-order valence-electron chi connectivity index (χ1n) is 2.79. The van der Waals surface area contributed by atoms with E-state index in [4.69, 9.17) is 4.89 Å². The van der Waals surface area contributed by atoms with Crippen molar-refractivity contribution in [2.45, 2.75) is 6.92 Å². The van der Waals surface area contributed by atoms with E-state index in [0.29, 0.717) is 0 Å². The average molecular weight is 186 g/mol. The summed E-state index contributed by atoms with van der Waals surface area (Å²) < 4.78 is 28.4. The molecule has 0 aromatic carbocycles. The van der Waals surface area contributed by atoms with E-state index < -0.39 is 19.7 Å². The van der Waals surface area contributed by atoms with Gasteiger partial charge in [-0.2, -0.15) is 0 Å². The van der Waals surface area contributed by atoms with E-state index in [2.05, 4.69) is 9.47 Å². The molecule has 0 saturated heterocycles. The van der Waals surface area contributed by atoms with Crippen LogP contribution in [0.2, 0.25) is 0 Å². The molecule has 1 unspecified atom stereocenters. The standard InChI is InChI=1S/C4H8FO5P/c1-2-9-4(6)3-11(7,8)10-5/h2-3H2,1H3,(H,7,8). The van der Waals surface area contributed by atoms with Crippen LogP contribution in [0.3, 0.4) is 0 Å². The van der Waals surface area contributed by atoms with E-state index in [-0.39, 0.29) is 6.61 Å². The highest BCUT2D eigenvalue weighted by Crippen LogP contribution is 2.41. The minimum Gasteiger partial charge on any atom is -0.465 e. The Balaban J connectivity index is 3.84. The molecule has 0 bridgehead atoms. The minimum atomic E-state index is -4.40. The van der Waals surface area contributed by atoms with Crippen molar-refractivity contribution in [3.63, 3.8) is 0 Å². The lowest BCUT2D eigenvalue weighted by atomic mass is 10.8. The van der Waals surface area contributed by atoms with Crippen LogP contribution in [-0.4, -0.2) is 23.6 Å². The largest absolute Gasteiger partial charge is 0.465 e. The highest BCUT2D eigenvalue weighted by molar-refractivity contribution is 7.53. The number of esters is 1. The van der Waals surface area contributed by atoms with Crippen LogP contribution in [-0.2, 0) is 18.8 Å². The molecule has 0 aliphatic heterocycles. The lowest BCUT2D eigenvalue weighted by Crippen LogP contribution is -2.09. The van der Waals surface area contributed by atoms with E-state index in [1.54, 1.807) is 0 Å². The number of halogens is 1. The van der Waals surface area contributed by atoms with Crippen LogP contribution in [0.15, 0.2) is 0 Å². The van der Waals surface area contributed by atoms with Crippen molar-refractivity contribution < 1.29 is 28.2 Å². The van der Waals surface area contributed by atoms with E-state index in [1.807, 2.05) is 0 Å². The number of rotatable bonds is 4. The van der Waals surface area contributed by atoms with Gasteiger partial charge in [-0.15, -0.1) is 4.73 Å². The molecule has 0 radical (unpaired) electrons. The third-order valence-corrected chi connectivity index (χ3v) is 1.62. The molecule has 0 amide bonds. The Labute approximate surface area is 62.5 Å². The van der Waals surface area contributed by atoms with Gasteiger partial charge in [0.1, 0.15) is 6.16 Å². The molecule has 0 rings (SSSR count). The molecule has 0 saturated carbocycles. The number of ether oxygens (including phenoxy) is 1. The fraction of sp³-hybridized carbons (Fsp3) is 0.750. The van der Waals surface area contributed by atoms with Crippen molar-refractivity contribution in [2.75, 3.05) is 12.8 Å². The van der Waals surface area contributed by atoms with Gasteiger partial charge in [0.05, 0.1) is 6.61 Å². The molecule has 0 aliphatic carbocycles. The second-order valence-corrected chi connectivity index (χ2v) is 3.40. The zero-order chi connectivity index (χ0) is 8.91. The lowest BCUT2D eigenvalue weighted by Gasteiger charge is -2.03. The molecule has 0 aliphatic rings. The Hall–Kier alpha value is -0.450. The van der Waals surface area contributed by atoms with Gasteiger partial charge in [-0.1, -0.05) is 0 Å². The average Bonchev–Trinajstić information content (AvgIpc) is 1.87. The molecular weight excluding hydrogens is 178 g/mol. The maximum absolute atomic E-state index is 11.2. The van der Waals surface area contributed by atoms with Crippen molar-refractivity contribution in [2.24, 2.45) is 0 Å².